The van der Waals surface area contributed by atoms with Gasteiger partial charge in [-0.2, -0.15) is 10.2 Å². The number of likely N-dealkylation sites (tertiary alicyclic amines) is 1. The summed E-state index contributed by atoms with van der Waals surface area (Å²) in [7, 11) is 3.26. The van der Waals surface area contributed by atoms with Crippen LogP contribution in [0, 0.1) is 17.2 Å². The Hall–Kier alpha value is -3.28. The zero-order chi connectivity index (χ0) is 25.8. The Bertz CT molecular complexity index is 1270. The maximum Gasteiger partial charge on any atom is 0.227 e. The van der Waals surface area contributed by atoms with Gasteiger partial charge in [-0.3, -0.25) is 4.90 Å². The summed E-state index contributed by atoms with van der Waals surface area (Å²) in [5.41, 5.74) is 1.68. The number of anilines is 3. The van der Waals surface area contributed by atoms with Crippen molar-refractivity contribution in [2.24, 2.45) is 5.92 Å². The summed E-state index contributed by atoms with van der Waals surface area (Å²) in [6, 6.07) is 14.3. The minimum Gasteiger partial charge on any atom is -0.493 e. The first-order chi connectivity index (χ1) is 18.1. The summed E-state index contributed by atoms with van der Waals surface area (Å²) >= 11 is 6.09. The number of ether oxygens (including phenoxy) is 2. The Kier molecular flexibility index (Phi) is 7.82. The molecular weight excluding hydrogens is 488 g/mol. The molecule has 3 aromatic rings. The summed E-state index contributed by atoms with van der Waals surface area (Å²) in [6.45, 7) is 3.96. The maximum absolute atomic E-state index is 9.13. The van der Waals surface area contributed by atoms with Crippen molar-refractivity contribution in [2.45, 2.75) is 38.1 Å². The maximum atomic E-state index is 9.13. The van der Waals surface area contributed by atoms with E-state index < -0.39 is 0 Å². The molecule has 2 saturated heterocycles. The fourth-order valence-corrected chi connectivity index (χ4v) is 5.63. The quantitative estimate of drug-likeness (QED) is 0.428. The zero-order valence-electron chi connectivity index (χ0n) is 21.4. The molecule has 8 nitrogen and oxygen atoms in total. The van der Waals surface area contributed by atoms with E-state index in [-0.39, 0.29) is 0 Å². The van der Waals surface area contributed by atoms with Crippen molar-refractivity contribution in [1.29, 1.82) is 5.26 Å². The van der Waals surface area contributed by atoms with Crippen LogP contribution in [0.2, 0.25) is 5.02 Å². The van der Waals surface area contributed by atoms with E-state index in [4.69, 9.17) is 36.3 Å². The summed E-state index contributed by atoms with van der Waals surface area (Å²) in [6.07, 6.45) is 5.15. The molecule has 0 spiro atoms. The number of hydrogen-bond acceptors (Lipinski definition) is 8. The van der Waals surface area contributed by atoms with Crippen LogP contribution in [0.15, 0.2) is 36.4 Å². The summed E-state index contributed by atoms with van der Waals surface area (Å²) < 4.78 is 11.1. The highest BCUT2D eigenvalue weighted by molar-refractivity contribution is 6.30. The molecular formula is C28H33ClN6O2. The predicted molar refractivity (Wildman–Crippen MR) is 147 cm³/mol. The molecule has 37 heavy (non-hydrogen) atoms. The molecule has 2 aromatic carbocycles. The number of halogens is 1. The van der Waals surface area contributed by atoms with Gasteiger partial charge in [-0.1, -0.05) is 11.6 Å². The van der Waals surface area contributed by atoms with Crippen molar-refractivity contribution in [3.8, 4) is 17.6 Å². The van der Waals surface area contributed by atoms with Gasteiger partial charge in [0.05, 0.1) is 25.8 Å². The number of fused-ring (bicyclic) bond motifs is 1. The van der Waals surface area contributed by atoms with E-state index in [1.807, 2.05) is 36.4 Å². The Morgan fingerprint density at radius 3 is 2.46 bits per heavy atom. The first-order valence-corrected chi connectivity index (χ1v) is 13.3. The minimum atomic E-state index is 0.508. The highest BCUT2D eigenvalue weighted by Gasteiger charge is 2.30. The second-order valence-corrected chi connectivity index (χ2v) is 10.2. The van der Waals surface area contributed by atoms with E-state index >= 15 is 0 Å². The van der Waals surface area contributed by atoms with Crippen molar-refractivity contribution in [3.05, 3.63) is 41.4 Å². The van der Waals surface area contributed by atoms with Gasteiger partial charge >= 0.3 is 0 Å². The molecule has 194 valence electrons. The molecule has 3 heterocycles. The second-order valence-electron chi connectivity index (χ2n) is 9.81. The van der Waals surface area contributed by atoms with Crippen molar-refractivity contribution in [2.75, 3.05) is 50.6 Å². The van der Waals surface area contributed by atoms with Gasteiger partial charge in [0.2, 0.25) is 5.95 Å². The van der Waals surface area contributed by atoms with E-state index in [2.05, 4.69) is 21.2 Å². The van der Waals surface area contributed by atoms with Crippen LogP contribution in [0.3, 0.4) is 0 Å². The smallest absolute Gasteiger partial charge is 0.227 e. The molecule has 9 heteroatoms. The normalized spacial score (nSPS) is 19.0. The van der Waals surface area contributed by atoms with Gasteiger partial charge in [0.1, 0.15) is 5.82 Å². The molecule has 0 radical (unpaired) electrons. The number of hydrogen-bond donors (Lipinski definition) is 1. The van der Waals surface area contributed by atoms with Crippen LogP contribution in [0.5, 0.6) is 11.5 Å². The van der Waals surface area contributed by atoms with E-state index in [0.29, 0.717) is 46.7 Å². The van der Waals surface area contributed by atoms with Crippen LogP contribution in [0.25, 0.3) is 10.9 Å². The molecule has 1 N–H and O–H groups in total. The second kappa shape index (κ2) is 11.4. The topological polar surface area (TPSA) is 86.5 Å². The van der Waals surface area contributed by atoms with Crippen LogP contribution < -0.4 is 19.7 Å². The van der Waals surface area contributed by atoms with Gasteiger partial charge < -0.3 is 19.7 Å². The molecule has 1 atom stereocenters. The van der Waals surface area contributed by atoms with Gasteiger partial charge in [0.15, 0.2) is 11.5 Å². The van der Waals surface area contributed by atoms with Gasteiger partial charge in [-0.25, -0.2) is 4.98 Å². The van der Waals surface area contributed by atoms with Gasteiger partial charge in [-0.05, 0) is 68.5 Å². The number of piperidine rings is 2. The number of aromatic nitrogens is 2. The summed E-state index contributed by atoms with van der Waals surface area (Å²) in [5.74, 6) is 3.18. The van der Waals surface area contributed by atoms with Crippen molar-refractivity contribution >= 4 is 40.0 Å². The van der Waals surface area contributed by atoms with Crippen LogP contribution in [0.4, 0.5) is 17.5 Å². The first kappa shape index (κ1) is 25.4. The van der Waals surface area contributed by atoms with E-state index in [1.54, 1.807) is 14.2 Å². The van der Waals surface area contributed by atoms with Crippen LogP contribution in [-0.2, 0) is 0 Å². The highest BCUT2D eigenvalue weighted by Crippen LogP contribution is 2.36. The number of rotatable bonds is 7. The molecule has 5 rings (SSSR count). The first-order valence-electron chi connectivity index (χ1n) is 12.9. The lowest BCUT2D eigenvalue weighted by Gasteiger charge is -2.42. The Balaban J connectivity index is 1.40. The third kappa shape index (κ3) is 5.68. The molecule has 2 aliphatic rings. The molecule has 1 unspecified atom stereocenters. The lowest BCUT2D eigenvalue weighted by atomic mass is 9.92. The summed E-state index contributed by atoms with van der Waals surface area (Å²) in [5, 5.41) is 14.1. The molecule has 0 bridgehead atoms. The van der Waals surface area contributed by atoms with Gasteiger partial charge in [-0.15, -0.1) is 0 Å². The molecule has 0 amide bonds. The number of nitrogens with zero attached hydrogens (tertiary/aromatic N) is 5. The van der Waals surface area contributed by atoms with Gasteiger partial charge in [0.25, 0.3) is 0 Å². The lowest BCUT2D eigenvalue weighted by molar-refractivity contribution is 0.108. The number of nitrogens with one attached hydrogen (secondary N) is 1. The SMILES string of the molecule is COc1cc2nc(N3CCC(N4CCCC(CC#N)C4)CC3)nc(Nc3ccc(Cl)cc3)c2cc1OC. The zero-order valence-corrected chi connectivity index (χ0v) is 22.2. The van der Waals surface area contributed by atoms with Crippen LogP contribution in [-0.4, -0.2) is 61.3 Å². The lowest BCUT2D eigenvalue weighted by Crippen LogP contribution is -2.48. The fourth-order valence-electron chi connectivity index (χ4n) is 5.51. The number of nitriles is 1. The average molecular weight is 521 g/mol. The molecule has 2 aliphatic heterocycles. The highest BCUT2D eigenvalue weighted by atomic mass is 35.5. The van der Waals surface area contributed by atoms with Gasteiger partial charge in [0, 0.05) is 54.3 Å². The molecule has 0 saturated carbocycles. The largest absolute Gasteiger partial charge is 0.493 e. The van der Waals surface area contributed by atoms with Crippen molar-refractivity contribution in [3.63, 3.8) is 0 Å². The van der Waals surface area contributed by atoms with E-state index in [1.165, 1.54) is 12.8 Å². The van der Waals surface area contributed by atoms with Crippen LogP contribution >= 0.6 is 11.6 Å². The summed E-state index contributed by atoms with van der Waals surface area (Å²) in [4.78, 5) is 14.8. The predicted octanol–water partition coefficient (Wildman–Crippen LogP) is 5.64. The third-order valence-corrected chi connectivity index (χ3v) is 7.74. The van der Waals surface area contributed by atoms with Crippen LogP contribution in [0.1, 0.15) is 32.1 Å². The van der Waals surface area contributed by atoms with Crippen molar-refractivity contribution < 1.29 is 9.47 Å². The monoisotopic (exact) mass is 520 g/mol. The fraction of sp³-hybridized carbons (Fsp3) is 0.464. The Morgan fingerprint density at radius 1 is 1.03 bits per heavy atom. The molecule has 2 fully saturated rings. The average Bonchev–Trinajstić information content (AvgIpc) is 2.94. The standard InChI is InChI=1S/C28H33ClN6O2/c1-36-25-16-23-24(17-26(25)37-2)32-28(33-27(23)31-21-7-5-20(29)6-8-21)34-14-10-22(11-15-34)35-13-3-4-19(18-35)9-12-30/h5-8,16-17,19,22H,3-4,9-11,13-15,18H2,1-2H3,(H,31,32,33). The third-order valence-electron chi connectivity index (χ3n) is 7.49. The van der Waals surface area contributed by atoms with E-state index in [0.717, 1.165) is 55.6 Å². The Morgan fingerprint density at radius 2 is 1.76 bits per heavy atom. The molecule has 0 aliphatic carbocycles. The number of benzene rings is 2. The molecule has 1 aromatic heterocycles. The Labute approximate surface area is 223 Å². The van der Waals surface area contributed by atoms with E-state index in [9.17, 15) is 0 Å². The van der Waals surface area contributed by atoms with Crippen molar-refractivity contribution in [1.82, 2.24) is 14.9 Å². The minimum absolute atomic E-state index is 0.508. The number of methoxy groups -OCH3 is 2.